The molecule has 0 radical (unpaired) electrons. The minimum Gasteiger partial charge on any atom is -0.480 e. The molecule has 0 spiro atoms. The van der Waals surface area contributed by atoms with Gasteiger partial charge in [0.1, 0.15) is 6.54 Å². The second-order valence-corrected chi connectivity index (χ2v) is 5.22. The zero-order chi connectivity index (χ0) is 13.9. The molecule has 0 aliphatic rings. The van der Waals surface area contributed by atoms with Gasteiger partial charge < -0.3 is 14.6 Å². The smallest absolute Gasteiger partial charge is 0.323 e. The number of amides is 1. The Morgan fingerprint density at radius 2 is 2.00 bits per heavy atom. The lowest BCUT2D eigenvalue weighted by Crippen LogP contribution is -2.33. The van der Waals surface area contributed by atoms with Crippen molar-refractivity contribution in [2.24, 2.45) is 0 Å². The van der Waals surface area contributed by atoms with Gasteiger partial charge in [0.2, 0.25) is 5.91 Å². The summed E-state index contributed by atoms with van der Waals surface area (Å²) in [6, 6.07) is 0. The van der Waals surface area contributed by atoms with E-state index < -0.39 is 5.97 Å². The first-order valence-corrected chi connectivity index (χ1v) is 6.27. The summed E-state index contributed by atoms with van der Waals surface area (Å²) in [5, 5.41) is 8.56. The summed E-state index contributed by atoms with van der Waals surface area (Å²) < 4.78 is 1.55. The number of carbonyl (C=O) groups is 2. The average Bonchev–Trinajstić information content (AvgIpc) is 2.49. The van der Waals surface area contributed by atoms with Gasteiger partial charge >= 0.3 is 10.8 Å². The number of aromatic nitrogens is 1. The largest absolute Gasteiger partial charge is 0.480 e. The fraction of sp³-hybridized carbons (Fsp3) is 0.545. The first-order chi connectivity index (χ1) is 8.32. The number of thiazole rings is 1. The van der Waals surface area contributed by atoms with Gasteiger partial charge in [-0.15, -0.1) is 0 Å². The lowest BCUT2D eigenvalue weighted by atomic mass is 10.3. The summed E-state index contributed by atoms with van der Waals surface area (Å²) in [4.78, 5) is 35.7. The lowest BCUT2D eigenvalue weighted by Gasteiger charge is -2.14. The van der Waals surface area contributed by atoms with E-state index in [-0.39, 0.29) is 30.3 Å². The second kappa shape index (κ2) is 5.81. The summed E-state index contributed by atoms with van der Waals surface area (Å²) in [5.74, 6) is -1.34. The van der Waals surface area contributed by atoms with Crippen molar-refractivity contribution in [3.05, 3.63) is 20.2 Å². The number of hydrogen-bond acceptors (Lipinski definition) is 4. The molecule has 1 aromatic heterocycles. The van der Waals surface area contributed by atoms with E-state index in [4.69, 9.17) is 5.11 Å². The number of rotatable bonds is 5. The van der Waals surface area contributed by atoms with Crippen molar-refractivity contribution in [3.63, 3.8) is 0 Å². The highest BCUT2D eigenvalue weighted by Crippen LogP contribution is 2.10. The maximum Gasteiger partial charge on any atom is 0.323 e. The van der Waals surface area contributed by atoms with Crippen LogP contribution in [-0.4, -0.2) is 40.0 Å². The van der Waals surface area contributed by atoms with Crippen molar-refractivity contribution >= 4 is 23.2 Å². The van der Waals surface area contributed by atoms with Gasteiger partial charge in [-0.3, -0.25) is 14.4 Å². The summed E-state index contributed by atoms with van der Waals surface area (Å²) in [6.45, 7) is 3.65. The molecule has 0 aliphatic carbocycles. The van der Waals surface area contributed by atoms with E-state index in [0.717, 1.165) is 26.8 Å². The molecule has 0 bridgehead atoms. The molecule has 0 aliphatic heterocycles. The van der Waals surface area contributed by atoms with E-state index in [2.05, 4.69) is 0 Å². The van der Waals surface area contributed by atoms with E-state index in [0.29, 0.717) is 0 Å². The Labute approximate surface area is 108 Å². The summed E-state index contributed by atoms with van der Waals surface area (Å²) in [5.41, 5.74) is 0.860. The van der Waals surface area contributed by atoms with Gasteiger partial charge in [0.25, 0.3) is 0 Å². The fourth-order valence-corrected chi connectivity index (χ4v) is 2.39. The number of aryl methyl sites for hydroxylation is 1. The Bertz CT molecular complexity index is 518. The Balaban J connectivity index is 2.63. The van der Waals surface area contributed by atoms with Gasteiger partial charge in [-0.05, 0) is 13.8 Å². The molecule has 0 atom stereocenters. The number of carboxylic acid groups (broad SMARTS) is 1. The Morgan fingerprint density at radius 3 is 2.44 bits per heavy atom. The van der Waals surface area contributed by atoms with E-state index in [1.807, 2.05) is 13.8 Å². The Hall–Kier alpha value is -1.63. The molecule has 100 valence electrons. The lowest BCUT2D eigenvalue weighted by molar-refractivity contribution is -0.143. The molecule has 0 saturated heterocycles. The van der Waals surface area contributed by atoms with Crippen LogP contribution >= 0.6 is 11.3 Å². The van der Waals surface area contributed by atoms with Crippen LogP contribution in [0, 0.1) is 13.8 Å². The van der Waals surface area contributed by atoms with Gasteiger partial charge in [-0.25, -0.2) is 0 Å². The van der Waals surface area contributed by atoms with Crippen molar-refractivity contribution < 1.29 is 14.7 Å². The number of hydrogen-bond donors (Lipinski definition) is 1. The zero-order valence-corrected chi connectivity index (χ0v) is 11.4. The molecule has 1 amide bonds. The molecule has 1 N–H and O–H groups in total. The highest BCUT2D eigenvalue weighted by molar-refractivity contribution is 7.09. The van der Waals surface area contributed by atoms with Crippen molar-refractivity contribution in [3.8, 4) is 0 Å². The van der Waals surface area contributed by atoms with Crippen molar-refractivity contribution in [2.75, 3.05) is 13.6 Å². The van der Waals surface area contributed by atoms with Gasteiger partial charge in [0, 0.05) is 30.6 Å². The normalized spacial score (nSPS) is 10.4. The first kappa shape index (κ1) is 14.4. The van der Waals surface area contributed by atoms with Crippen LogP contribution in [0.1, 0.15) is 17.0 Å². The van der Waals surface area contributed by atoms with Crippen molar-refractivity contribution in [1.29, 1.82) is 0 Å². The predicted octanol–water partition coefficient (Wildman–Crippen LogP) is 0.460. The van der Waals surface area contributed by atoms with E-state index in [1.165, 1.54) is 7.05 Å². The third-order valence-electron chi connectivity index (χ3n) is 2.72. The summed E-state index contributed by atoms with van der Waals surface area (Å²) in [6.07, 6.45) is 0.126. The van der Waals surface area contributed by atoms with Crippen LogP contribution in [0.5, 0.6) is 0 Å². The number of aliphatic carboxylic acids is 1. The standard InChI is InChI=1S/C11H16N2O4S/c1-7-8(2)18-11(17)13(7)5-4-9(14)12(3)6-10(15)16/h4-6H2,1-3H3,(H,15,16). The SMILES string of the molecule is Cc1sc(=O)n(CCC(=O)N(C)CC(=O)O)c1C. The van der Waals surface area contributed by atoms with Crippen LogP contribution in [0.3, 0.4) is 0 Å². The van der Waals surface area contributed by atoms with Crippen LogP contribution in [0.4, 0.5) is 0 Å². The van der Waals surface area contributed by atoms with E-state index in [1.54, 1.807) is 4.57 Å². The molecular formula is C11H16N2O4S. The highest BCUT2D eigenvalue weighted by atomic mass is 32.1. The Morgan fingerprint density at radius 1 is 1.39 bits per heavy atom. The molecule has 1 heterocycles. The van der Waals surface area contributed by atoms with Crippen LogP contribution in [0.2, 0.25) is 0 Å². The first-order valence-electron chi connectivity index (χ1n) is 5.45. The van der Waals surface area contributed by atoms with Gasteiger partial charge in [-0.2, -0.15) is 0 Å². The number of carbonyl (C=O) groups excluding carboxylic acids is 1. The molecule has 18 heavy (non-hydrogen) atoms. The van der Waals surface area contributed by atoms with Crippen LogP contribution in [0.15, 0.2) is 4.79 Å². The van der Waals surface area contributed by atoms with Gasteiger partial charge in [0.05, 0.1) is 0 Å². The minimum atomic E-state index is -1.05. The molecule has 0 saturated carbocycles. The molecule has 1 aromatic rings. The summed E-state index contributed by atoms with van der Waals surface area (Å²) >= 11 is 1.15. The fourth-order valence-electron chi connectivity index (χ4n) is 1.54. The van der Waals surface area contributed by atoms with Crippen molar-refractivity contribution in [2.45, 2.75) is 26.8 Å². The topological polar surface area (TPSA) is 79.6 Å². The molecule has 7 heteroatoms. The number of nitrogens with zero attached hydrogens (tertiary/aromatic N) is 2. The van der Waals surface area contributed by atoms with Crippen LogP contribution in [-0.2, 0) is 16.1 Å². The number of carboxylic acids is 1. The van der Waals surface area contributed by atoms with Crippen LogP contribution < -0.4 is 4.87 Å². The summed E-state index contributed by atoms with van der Waals surface area (Å²) in [7, 11) is 1.44. The highest BCUT2D eigenvalue weighted by Gasteiger charge is 2.14. The van der Waals surface area contributed by atoms with Gasteiger partial charge in [0.15, 0.2) is 0 Å². The minimum absolute atomic E-state index is 0.0845. The number of likely N-dealkylation sites (N-methyl/N-ethyl adjacent to an activating group) is 1. The quantitative estimate of drug-likeness (QED) is 0.844. The second-order valence-electron chi connectivity index (χ2n) is 4.05. The third-order valence-corrected chi connectivity index (χ3v) is 3.72. The predicted molar refractivity (Wildman–Crippen MR) is 67.9 cm³/mol. The molecule has 1 rings (SSSR count). The monoisotopic (exact) mass is 272 g/mol. The average molecular weight is 272 g/mol. The molecular weight excluding hydrogens is 256 g/mol. The van der Waals surface area contributed by atoms with Crippen molar-refractivity contribution in [1.82, 2.24) is 9.47 Å². The van der Waals surface area contributed by atoms with Gasteiger partial charge in [-0.1, -0.05) is 11.3 Å². The zero-order valence-electron chi connectivity index (χ0n) is 10.6. The maximum atomic E-state index is 11.6. The Kier molecular flexibility index (Phi) is 4.66. The van der Waals surface area contributed by atoms with Crippen LogP contribution in [0.25, 0.3) is 0 Å². The molecule has 0 fully saturated rings. The third kappa shape index (κ3) is 3.43. The van der Waals surface area contributed by atoms with E-state index in [9.17, 15) is 14.4 Å². The molecule has 0 unspecified atom stereocenters. The van der Waals surface area contributed by atoms with E-state index >= 15 is 0 Å². The maximum absolute atomic E-state index is 11.6. The molecule has 6 nitrogen and oxygen atoms in total. The molecule has 0 aromatic carbocycles.